The first-order valence-corrected chi connectivity index (χ1v) is 7.06. The van der Waals surface area contributed by atoms with Gasteiger partial charge in [-0.15, -0.1) is 11.6 Å². The number of aromatic nitrogens is 2. The Morgan fingerprint density at radius 2 is 2.10 bits per heavy atom. The lowest BCUT2D eigenvalue weighted by molar-refractivity contribution is 0.458. The lowest BCUT2D eigenvalue weighted by Gasteiger charge is -2.07. The zero-order chi connectivity index (χ0) is 14.1. The molecule has 0 aliphatic heterocycles. The Balaban J connectivity index is 2.08. The summed E-state index contributed by atoms with van der Waals surface area (Å²) < 4.78 is 7.82. The third-order valence-corrected chi connectivity index (χ3v) is 3.56. The van der Waals surface area contributed by atoms with Crippen molar-refractivity contribution in [2.45, 2.75) is 12.8 Å². The van der Waals surface area contributed by atoms with Crippen molar-refractivity contribution >= 4 is 28.8 Å². The van der Waals surface area contributed by atoms with Crippen molar-refractivity contribution in [3.05, 3.63) is 58.9 Å². The molecule has 2 aromatic heterocycles. The van der Waals surface area contributed by atoms with E-state index >= 15 is 0 Å². The number of fused-ring (bicyclic) bond motifs is 1. The van der Waals surface area contributed by atoms with E-state index in [9.17, 15) is 0 Å². The summed E-state index contributed by atoms with van der Waals surface area (Å²) in [5.74, 6) is 1.52. The Labute approximate surface area is 126 Å². The highest BCUT2D eigenvalue weighted by Crippen LogP contribution is 2.30. The molecule has 0 radical (unpaired) electrons. The third-order valence-electron chi connectivity index (χ3n) is 3.08. The predicted octanol–water partition coefficient (Wildman–Crippen LogP) is 4.83. The average Bonchev–Trinajstić information content (AvgIpc) is 2.80. The maximum atomic E-state index is 6.02. The van der Waals surface area contributed by atoms with Crippen molar-refractivity contribution < 1.29 is 4.74 Å². The van der Waals surface area contributed by atoms with Gasteiger partial charge in [0.1, 0.15) is 17.1 Å². The molecule has 0 spiro atoms. The summed E-state index contributed by atoms with van der Waals surface area (Å²) in [4.78, 5) is 4.46. The fourth-order valence-corrected chi connectivity index (χ4v) is 2.42. The van der Waals surface area contributed by atoms with E-state index in [2.05, 4.69) is 4.98 Å². The summed E-state index contributed by atoms with van der Waals surface area (Å²) in [6, 6.07) is 11.3. The molecule has 20 heavy (non-hydrogen) atoms. The fraction of sp³-hybridized carbons (Fsp3) is 0.133. The molecule has 0 N–H and O–H groups in total. The number of imidazole rings is 1. The molecule has 0 atom stereocenters. The number of hydrogen-bond acceptors (Lipinski definition) is 2. The van der Waals surface area contributed by atoms with E-state index in [1.807, 2.05) is 47.9 Å². The van der Waals surface area contributed by atoms with Crippen LogP contribution in [0.2, 0.25) is 5.02 Å². The van der Waals surface area contributed by atoms with Gasteiger partial charge in [-0.3, -0.25) is 4.40 Å². The largest absolute Gasteiger partial charge is 0.437 e. The molecular formula is C15H12Cl2N2O. The maximum Gasteiger partial charge on any atom is 0.242 e. The second-order valence-corrected chi connectivity index (χ2v) is 5.14. The van der Waals surface area contributed by atoms with Crippen LogP contribution in [-0.2, 0) is 5.88 Å². The van der Waals surface area contributed by atoms with Crippen LogP contribution in [0.5, 0.6) is 11.6 Å². The highest BCUT2D eigenvalue weighted by atomic mass is 35.5. The Morgan fingerprint density at radius 1 is 1.25 bits per heavy atom. The molecule has 102 valence electrons. The minimum absolute atomic E-state index is 0.320. The predicted molar refractivity (Wildman–Crippen MR) is 81.0 cm³/mol. The number of halogens is 2. The first kappa shape index (κ1) is 13.3. The standard InChI is InChI=1S/C15H12Cl2N2O/c1-10-5-6-11(17)8-13(10)20-15-12(9-16)19-7-3-2-4-14(19)18-15/h2-8H,9H2,1H3. The van der Waals surface area contributed by atoms with Gasteiger partial charge in [0.25, 0.3) is 0 Å². The molecule has 3 aromatic rings. The van der Waals surface area contributed by atoms with Gasteiger partial charge in [-0.05, 0) is 36.8 Å². The van der Waals surface area contributed by atoms with Crippen LogP contribution in [0.4, 0.5) is 0 Å². The first-order chi connectivity index (χ1) is 9.69. The van der Waals surface area contributed by atoms with E-state index in [0.29, 0.717) is 22.5 Å². The molecule has 0 amide bonds. The number of benzene rings is 1. The van der Waals surface area contributed by atoms with Gasteiger partial charge in [0.05, 0.1) is 5.88 Å². The molecule has 0 saturated carbocycles. The number of aryl methyl sites for hydroxylation is 1. The van der Waals surface area contributed by atoms with E-state index in [1.54, 1.807) is 6.07 Å². The quantitative estimate of drug-likeness (QED) is 0.648. The molecule has 0 aliphatic carbocycles. The molecular weight excluding hydrogens is 295 g/mol. The van der Waals surface area contributed by atoms with Crippen molar-refractivity contribution in [3.63, 3.8) is 0 Å². The summed E-state index contributed by atoms with van der Waals surface area (Å²) >= 11 is 12.0. The van der Waals surface area contributed by atoms with Crippen LogP contribution in [0.25, 0.3) is 5.65 Å². The van der Waals surface area contributed by atoms with E-state index in [-0.39, 0.29) is 0 Å². The van der Waals surface area contributed by atoms with Crippen molar-refractivity contribution in [2.24, 2.45) is 0 Å². The number of hydrogen-bond donors (Lipinski definition) is 0. The van der Waals surface area contributed by atoms with E-state index in [4.69, 9.17) is 27.9 Å². The SMILES string of the molecule is Cc1ccc(Cl)cc1Oc1nc2ccccn2c1CCl. The number of ether oxygens (including phenoxy) is 1. The Bertz CT molecular complexity index is 768. The van der Waals surface area contributed by atoms with Gasteiger partial charge in [0, 0.05) is 11.2 Å². The monoisotopic (exact) mass is 306 g/mol. The summed E-state index contributed by atoms with van der Waals surface area (Å²) in [5, 5.41) is 0.627. The molecule has 5 heteroatoms. The van der Waals surface area contributed by atoms with Gasteiger partial charge < -0.3 is 4.74 Å². The highest BCUT2D eigenvalue weighted by molar-refractivity contribution is 6.30. The second kappa shape index (κ2) is 5.35. The van der Waals surface area contributed by atoms with Crippen molar-refractivity contribution in [3.8, 4) is 11.6 Å². The smallest absolute Gasteiger partial charge is 0.242 e. The summed E-state index contributed by atoms with van der Waals surface area (Å²) in [5.41, 5.74) is 2.62. The zero-order valence-electron chi connectivity index (χ0n) is 10.8. The van der Waals surface area contributed by atoms with Crippen LogP contribution >= 0.6 is 23.2 Å². The van der Waals surface area contributed by atoms with Crippen molar-refractivity contribution in [1.29, 1.82) is 0 Å². The lowest BCUT2D eigenvalue weighted by atomic mass is 10.2. The molecule has 0 fully saturated rings. The van der Waals surface area contributed by atoms with Crippen LogP contribution in [0.15, 0.2) is 42.6 Å². The molecule has 0 unspecified atom stereocenters. The minimum atomic E-state index is 0.320. The second-order valence-electron chi connectivity index (χ2n) is 4.44. The van der Waals surface area contributed by atoms with E-state index in [0.717, 1.165) is 16.9 Å². The van der Waals surface area contributed by atoms with E-state index < -0.39 is 0 Å². The molecule has 0 saturated heterocycles. The number of nitrogens with zero attached hydrogens (tertiary/aromatic N) is 2. The molecule has 3 rings (SSSR count). The Kier molecular flexibility index (Phi) is 3.55. The number of alkyl halides is 1. The highest BCUT2D eigenvalue weighted by Gasteiger charge is 2.14. The third kappa shape index (κ3) is 2.35. The van der Waals surface area contributed by atoms with Gasteiger partial charge in [-0.2, -0.15) is 4.98 Å². The van der Waals surface area contributed by atoms with Crippen LogP contribution < -0.4 is 4.74 Å². The Morgan fingerprint density at radius 3 is 2.90 bits per heavy atom. The normalized spacial score (nSPS) is 10.9. The van der Waals surface area contributed by atoms with Crippen LogP contribution in [-0.4, -0.2) is 9.38 Å². The van der Waals surface area contributed by atoms with Gasteiger partial charge in [-0.25, -0.2) is 0 Å². The number of rotatable bonds is 3. The van der Waals surface area contributed by atoms with Gasteiger partial charge >= 0.3 is 0 Å². The number of pyridine rings is 1. The molecule has 0 bridgehead atoms. The zero-order valence-corrected chi connectivity index (χ0v) is 12.3. The molecule has 2 heterocycles. The van der Waals surface area contributed by atoms with Crippen molar-refractivity contribution in [1.82, 2.24) is 9.38 Å². The van der Waals surface area contributed by atoms with Gasteiger partial charge in [0.2, 0.25) is 5.88 Å². The minimum Gasteiger partial charge on any atom is -0.437 e. The van der Waals surface area contributed by atoms with Gasteiger partial charge in [-0.1, -0.05) is 23.7 Å². The summed E-state index contributed by atoms with van der Waals surface area (Å²) in [6.45, 7) is 1.96. The summed E-state index contributed by atoms with van der Waals surface area (Å²) in [7, 11) is 0. The maximum absolute atomic E-state index is 6.02. The average molecular weight is 307 g/mol. The van der Waals surface area contributed by atoms with Crippen LogP contribution in [0.3, 0.4) is 0 Å². The van der Waals surface area contributed by atoms with Crippen molar-refractivity contribution in [2.75, 3.05) is 0 Å². The van der Waals surface area contributed by atoms with Crippen LogP contribution in [0.1, 0.15) is 11.3 Å². The molecule has 0 aliphatic rings. The van der Waals surface area contributed by atoms with E-state index in [1.165, 1.54) is 0 Å². The Hall–Kier alpha value is -1.71. The van der Waals surface area contributed by atoms with Crippen LogP contribution in [0, 0.1) is 6.92 Å². The van der Waals surface area contributed by atoms with Gasteiger partial charge in [0.15, 0.2) is 0 Å². The topological polar surface area (TPSA) is 26.5 Å². The first-order valence-electron chi connectivity index (χ1n) is 6.15. The fourth-order valence-electron chi connectivity index (χ4n) is 2.02. The lowest BCUT2D eigenvalue weighted by Crippen LogP contribution is -1.93. The molecule has 1 aromatic carbocycles. The summed E-state index contributed by atoms with van der Waals surface area (Å²) in [6.07, 6.45) is 1.91. The molecule has 3 nitrogen and oxygen atoms in total.